The van der Waals surface area contributed by atoms with E-state index in [9.17, 15) is 0 Å². The van der Waals surface area contributed by atoms with E-state index in [1.54, 1.807) is 0 Å². The SMILES string of the molecule is Cc1cc2ccccc2[cH-]1.Cc1cc2ccccc2[cH-]1.[F-].[F-].[Zr+2].[Zr+2].c1ccc(P(c2ccccc2)c2cc3ccccc3[cH-]2)cc1.c1ccc(P(c2ccccc2)c2cc3ccccc3[cH-]2)cc1. The molecule has 332 valence electrons. The third-order valence-electron chi connectivity index (χ3n) is 11.3. The number of aryl methyl sites for hydroxylation is 2. The normalized spacial score (nSPS) is 10.3. The van der Waals surface area contributed by atoms with E-state index in [4.69, 9.17) is 0 Å². The van der Waals surface area contributed by atoms with Gasteiger partial charge < -0.3 is 9.41 Å². The molecule has 0 saturated heterocycles. The summed E-state index contributed by atoms with van der Waals surface area (Å²) in [7, 11) is -0.986. The van der Waals surface area contributed by atoms with E-state index in [1.165, 1.54) is 86.0 Å². The molecule has 0 heterocycles. The third-order valence-corrected chi connectivity index (χ3v) is 16.1. The van der Waals surface area contributed by atoms with Gasteiger partial charge >= 0.3 is 52.4 Å². The van der Waals surface area contributed by atoms with Crippen molar-refractivity contribution >= 4 is 90.8 Å². The molecule has 0 amide bonds. The van der Waals surface area contributed by atoms with E-state index in [0.717, 1.165) is 0 Å². The van der Waals surface area contributed by atoms with Gasteiger partial charge in [-0.3, -0.25) is 0 Å². The standard InChI is InChI=1S/2C21H16P.2C10H9.2FH.2Zr/c2*1-3-11-19(12-4-1)22(20-13-5-2-6-14-20)21-15-17-9-7-8-10-18(17)16-21;2*1-8-6-9-4-2-3-5-10(9)7-8;;;;/h2*1-16H;2*2-7H,1H3;2*1H;;/q4*-1;;;2*+2/p-2. The Bertz CT molecular complexity index is 2880. The minimum Gasteiger partial charge on any atom is -1.00 e. The van der Waals surface area contributed by atoms with Crippen molar-refractivity contribution in [1.82, 2.24) is 0 Å². The maximum atomic E-state index is 2.35. The third kappa shape index (κ3) is 13.5. The first-order valence-electron chi connectivity index (χ1n) is 21.9. The molecule has 0 N–H and O–H groups in total. The molecular formula is C62H50F2P2Zr2-2. The van der Waals surface area contributed by atoms with Crippen LogP contribution in [0.4, 0.5) is 0 Å². The molecule has 12 aromatic carbocycles. The van der Waals surface area contributed by atoms with Crippen molar-refractivity contribution in [3.8, 4) is 0 Å². The summed E-state index contributed by atoms with van der Waals surface area (Å²) in [5, 5.41) is 19.2. The van der Waals surface area contributed by atoms with Crippen LogP contribution in [0.1, 0.15) is 11.1 Å². The molecule has 68 heavy (non-hydrogen) atoms. The molecule has 0 spiro atoms. The van der Waals surface area contributed by atoms with Gasteiger partial charge in [-0.15, -0.1) is 162 Å². The molecule has 0 fully saturated rings. The van der Waals surface area contributed by atoms with Crippen LogP contribution in [0.5, 0.6) is 0 Å². The Balaban J connectivity index is 0.000000176. The van der Waals surface area contributed by atoms with E-state index in [-0.39, 0.29) is 61.8 Å². The van der Waals surface area contributed by atoms with E-state index in [0.29, 0.717) is 0 Å². The summed E-state index contributed by atoms with van der Waals surface area (Å²) >= 11 is 0. The predicted octanol–water partition coefficient (Wildman–Crippen LogP) is 8.37. The Hall–Kier alpha value is -5.31. The Kier molecular flexibility index (Phi) is 20.9. The fourth-order valence-electron chi connectivity index (χ4n) is 8.34. The van der Waals surface area contributed by atoms with Gasteiger partial charge in [0.15, 0.2) is 0 Å². The Labute approximate surface area is 440 Å². The first-order chi connectivity index (χ1) is 31.6. The monoisotopic (exact) mass is 1070 g/mol. The van der Waals surface area contributed by atoms with Gasteiger partial charge in [0.2, 0.25) is 0 Å². The zero-order valence-electron chi connectivity index (χ0n) is 38.1. The van der Waals surface area contributed by atoms with Gasteiger partial charge in [-0.1, -0.05) is 159 Å². The summed E-state index contributed by atoms with van der Waals surface area (Å²) in [5.41, 5.74) is 2.70. The summed E-state index contributed by atoms with van der Waals surface area (Å²) < 4.78 is 0. The van der Waals surface area contributed by atoms with E-state index in [1.807, 2.05) is 0 Å². The summed E-state index contributed by atoms with van der Waals surface area (Å²) in [4.78, 5) is 0. The molecule has 0 aliphatic carbocycles. The second-order valence-electron chi connectivity index (χ2n) is 16.0. The van der Waals surface area contributed by atoms with Crippen LogP contribution in [0, 0.1) is 13.8 Å². The number of hydrogen-bond acceptors (Lipinski definition) is 0. The van der Waals surface area contributed by atoms with E-state index in [2.05, 4.69) is 281 Å². The van der Waals surface area contributed by atoms with Gasteiger partial charge in [-0.05, 0) is 37.1 Å². The number of halogens is 2. The topological polar surface area (TPSA) is 0 Å². The van der Waals surface area contributed by atoms with E-state index >= 15 is 0 Å². The fraction of sp³-hybridized carbons (Fsp3) is 0.0323. The maximum Gasteiger partial charge on any atom is 2.00 e. The molecular weight excluding hydrogens is 1030 g/mol. The van der Waals surface area contributed by atoms with Crippen LogP contribution in [0.25, 0.3) is 43.1 Å². The van der Waals surface area contributed by atoms with Crippen molar-refractivity contribution < 1.29 is 61.8 Å². The molecule has 0 atom stereocenters. The summed E-state index contributed by atoms with van der Waals surface area (Å²) in [6.07, 6.45) is 0. The van der Waals surface area contributed by atoms with Gasteiger partial charge in [0, 0.05) is 0 Å². The van der Waals surface area contributed by atoms with Gasteiger partial charge in [-0.25, -0.2) is 0 Å². The molecule has 12 rings (SSSR count). The molecule has 0 nitrogen and oxygen atoms in total. The first kappa shape index (κ1) is 53.6. The van der Waals surface area contributed by atoms with Crippen molar-refractivity contribution in [3.05, 3.63) is 278 Å². The van der Waals surface area contributed by atoms with Crippen LogP contribution in [0.3, 0.4) is 0 Å². The molecule has 0 aromatic heterocycles. The second-order valence-corrected chi connectivity index (χ2v) is 20.5. The average Bonchev–Trinajstić information content (AvgIpc) is 4.15. The van der Waals surface area contributed by atoms with Crippen molar-refractivity contribution in [3.63, 3.8) is 0 Å². The average molecular weight is 1080 g/mol. The zero-order chi connectivity index (χ0) is 43.5. The Morgan fingerprint density at radius 2 is 0.485 bits per heavy atom. The Morgan fingerprint density at radius 1 is 0.265 bits per heavy atom. The van der Waals surface area contributed by atoms with Gasteiger partial charge in [0.1, 0.15) is 0 Å². The van der Waals surface area contributed by atoms with Gasteiger partial charge in [0.25, 0.3) is 0 Å². The summed E-state index contributed by atoms with van der Waals surface area (Å²) in [6.45, 7) is 4.25. The molecule has 12 aromatic rings. The minimum atomic E-state index is -0.493. The summed E-state index contributed by atoms with van der Waals surface area (Å²) in [5.74, 6) is 0. The van der Waals surface area contributed by atoms with Crippen LogP contribution in [0.2, 0.25) is 0 Å². The molecule has 0 saturated carbocycles. The maximum absolute atomic E-state index is 2.35. The van der Waals surface area contributed by atoms with Crippen molar-refractivity contribution in [2.45, 2.75) is 13.8 Å². The molecule has 0 bridgehead atoms. The van der Waals surface area contributed by atoms with Crippen LogP contribution in [-0.2, 0) is 52.4 Å². The van der Waals surface area contributed by atoms with Crippen LogP contribution in [-0.4, -0.2) is 0 Å². The van der Waals surface area contributed by atoms with Gasteiger partial charge in [-0.2, -0.15) is 24.3 Å². The number of hydrogen-bond donors (Lipinski definition) is 0. The second kappa shape index (κ2) is 26.4. The number of fused-ring (bicyclic) bond motifs is 4. The largest absolute Gasteiger partial charge is 2.00 e. The van der Waals surface area contributed by atoms with Crippen LogP contribution >= 0.6 is 15.8 Å². The number of benzene rings is 8. The Morgan fingerprint density at radius 3 is 0.735 bits per heavy atom. The van der Waals surface area contributed by atoms with E-state index < -0.39 is 15.8 Å². The molecule has 0 unspecified atom stereocenters. The summed E-state index contributed by atoms with van der Waals surface area (Å²) in [6, 6.07) is 95.7. The van der Waals surface area contributed by atoms with Crippen LogP contribution in [0.15, 0.2) is 267 Å². The van der Waals surface area contributed by atoms with Crippen molar-refractivity contribution in [2.75, 3.05) is 0 Å². The number of rotatable bonds is 6. The molecule has 0 radical (unpaired) electrons. The molecule has 6 heteroatoms. The predicted molar refractivity (Wildman–Crippen MR) is 285 cm³/mol. The molecule has 0 aliphatic heterocycles. The zero-order valence-corrected chi connectivity index (χ0v) is 44.8. The van der Waals surface area contributed by atoms with Gasteiger partial charge in [0.05, 0.1) is 0 Å². The minimum absolute atomic E-state index is 0. The van der Waals surface area contributed by atoms with Crippen molar-refractivity contribution in [2.24, 2.45) is 0 Å². The molecule has 0 aliphatic rings. The van der Waals surface area contributed by atoms with Crippen molar-refractivity contribution in [1.29, 1.82) is 0 Å². The van der Waals surface area contributed by atoms with Crippen LogP contribution < -0.4 is 41.2 Å². The fourth-order valence-corrected chi connectivity index (χ4v) is 13.1. The quantitative estimate of drug-likeness (QED) is 0.116. The smallest absolute Gasteiger partial charge is 1.00 e. The first-order valence-corrected chi connectivity index (χ1v) is 24.6.